The van der Waals surface area contributed by atoms with Gasteiger partial charge in [-0.05, 0) is 69.6 Å². The van der Waals surface area contributed by atoms with Gasteiger partial charge in [-0.3, -0.25) is 19.8 Å². The summed E-state index contributed by atoms with van der Waals surface area (Å²) >= 11 is 0. The Morgan fingerprint density at radius 1 is 0.909 bits per heavy atom. The molecular weight excluding hydrogens is 566 g/mol. The van der Waals surface area contributed by atoms with Crippen molar-refractivity contribution in [1.29, 1.82) is 0 Å². The van der Waals surface area contributed by atoms with Gasteiger partial charge in [0, 0.05) is 56.8 Å². The Labute approximate surface area is 264 Å². The van der Waals surface area contributed by atoms with E-state index in [-0.39, 0.29) is 73.6 Å². The van der Waals surface area contributed by atoms with Crippen LogP contribution in [-0.4, -0.2) is 83.4 Å². The zero-order valence-corrected chi connectivity index (χ0v) is 27.7. The number of amides is 3. The van der Waals surface area contributed by atoms with E-state index in [1.807, 2.05) is 39.5 Å². The third-order valence-electron chi connectivity index (χ3n) is 8.81. The van der Waals surface area contributed by atoms with Crippen LogP contribution < -0.4 is 10.7 Å². The molecule has 2 fully saturated rings. The van der Waals surface area contributed by atoms with Crippen LogP contribution in [0.4, 0.5) is 8.78 Å². The molecule has 0 radical (unpaired) electrons. The second kappa shape index (κ2) is 19.3. The molecule has 0 spiro atoms. The largest absolute Gasteiger partial charge is 0.390 e. The third kappa shape index (κ3) is 12.6. The zero-order chi connectivity index (χ0) is 32.8. The number of alkyl halides is 2. The summed E-state index contributed by atoms with van der Waals surface area (Å²) in [6, 6.07) is -0.789. The van der Waals surface area contributed by atoms with Crippen molar-refractivity contribution in [3.05, 3.63) is 0 Å². The molecule has 2 rings (SSSR count). The fraction of sp³-hybridized carbons (Fsp3) is 0.853. The van der Waals surface area contributed by atoms with Crippen LogP contribution in [0.25, 0.3) is 0 Å². The number of nitrogens with zero attached hydrogens (tertiary/aromatic N) is 2. The highest BCUT2D eigenvalue weighted by atomic mass is 19.1. The van der Waals surface area contributed by atoms with Gasteiger partial charge in [-0.2, -0.15) is 0 Å². The van der Waals surface area contributed by atoms with Crippen molar-refractivity contribution in [2.45, 2.75) is 130 Å². The van der Waals surface area contributed by atoms with E-state index in [9.17, 15) is 28.3 Å². The van der Waals surface area contributed by atoms with Crippen LogP contribution in [-0.2, 0) is 14.4 Å². The van der Waals surface area contributed by atoms with Crippen LogP contribution in [0.1, 0.15) is 105 Å². The number of hydrazine groups is 1. The van der Waals surface area contributed by atoms with Gasteiger partial charge in [0.05, 0.1) is 12.1 Å². The van der Waals surface area contributed by atoms with Crippen LogP contribution in [0.3, 0.4) is 0 Å². The molecule has 0 aliphatic heterocycles. The Morgan fingerprint density at radius 2 is 1.50 bits per heavy atom. The lowest BCUT2D eigenvalue weighted by molar-refractivity contribution is -0.139. The van der Waals surface area contributed by atoms with Gasteiger partial charge in [-0.1, -0.05) is 34.6 Å². The highest BCUT2D eigenvalue weighted by Crippen LogP contribution is 2.36. The maximum atomic E-state index is 14.3. The van der Waals surface area contributed by atoms with Gasteiger partial charge < -0.3 is 15.3 Å². The second-order valence-electron chi connectivity index (χ2n) is 13.6. The summed E-state index contributed by atoms with van der Waals surface area (Å²) < 4.78 is 28.6. The molecule has 0 saturated heterocycles. The monoisotopic (exact) mass is 624 g/mol. The number of nitrogens with one attached hydrogen (secondary N) is 2. The SMILES string of the molecule is C#CC1CC(C(=O)NC(CC2CC(F)CC(F)C2)C(O)CN(CCC)NC(=O)CC(C)C)CC(C(=O)N(CCC)CCC)C1. The molecule has 44 heavy (non-hydrogen) atoms. The average molecular weight is 625 g/mol. The molecule has 0 aromatic rings. The van der Waals surface area contributed by atoms with Gasteiger partial charge in [-0.15, -0.1) is 12.3 Å². The van der Waals surface area contributed by atoms with Gasteiger partial charge in [0.25, 0.3) is 0 Å². The fourth-order valence-electron chi connectivity index (χ4n) is 6.86. The van der Waals surface area contributed by atoms with Crippen LogP contribution in [0.2, 0.25) is 0 Å². The van der Waals surface area contributed by atoms with E-state index in [4.69, 9.17) is 6.42 Å². The van der Waals surface area contributed by atoms with E-state index in [1.165, 1.54) is 0 Å². The maximum absolute atomic E-state index is 14.3. The van der Waals surface area contributed by atoms with Crippen LogP contribution in [0.5, 0.6) is 0 Å². The van der Waals surface area contributed by atoms with Crippen LogP contribution >= 0.6 is 0 Å². The molecule has 3 amide bonds. The summed E-state index contributed by atoms with van der Waals surface area (Å²) in [5.74, 6) is 1.04. The number of aliphatic hydroxyl groups is 1. The predicted molar refractivity (Wildman–Crippen MR) is 169 cm³/mol. The van der Waals surface area contributed by atoms with E-state index in [1.54, 1.807) is 5.01 Å². The van der Waals surface area contributed by atoms with E-state index >= 15 is 0 Å². The first kappa shape index (κ1) is 37.9. The highest BCUT2D eigenvalue weighted by Gasteiger charge is 2.39. The minimum atomic E-state index is -1.26. The molecule has 2 aliphatic carbocycles. The number of carbonyl (C=O) groups excluding carboxylic acids is 3. The molecule has 3 N–H and O–H groups in total. The molecule has 2 aliphatic rings. The average Bonchev–Trinajstić information content (AvgIpc) is 2.95. The number of halogens is 2. The van der Waals surface area contributed by atoms with E-state index in [0.29, 0.717) is 45.3 Å². The first-order valence-electron chi connectivity index (χ1n) is 17.0. The molecule has 0 aromatic carbocycles. The van der Waals surface area contributed by atoms with Crippen molar-refractivity contribution in [2.24, 2.45) is 29.6 Å². The van der Waals surface area contributed by atoms with Gasteiger partial charge in [0.15, 0.2) is 0 Å². The number of rotatable bonds is 17. The first-order chi connectivity index (χ1) is 20.9. The molecule has 0 bridgehead atoms. The van der Waals surface area contributed by atoms with Crippen LogP contribution in [0.15, 0.2) is 0 Å². The number of aliphatic hydroxyl groups excluding tert-OH is 1. The lowest BCUT2D eigenvalue weighted by atomic mass is 9.74. The predicted octanol–water partition coefficient (Wildman–Crippen LogP) is 4.80. The van der Waals surface area contributed by atoms with Crippen molar-refractivity contribution in [3.63, 3.8) is 0 Å². The van der Waals surface area contributed by atoms with Gasteiger partial charge >= 0.3 is 0 Å². The van der Waals surface area contributed by atoms with Gasteiger partial charge in [-0.25, -0.2) is 13.8 Å². The zero-order valence-electron chi connectivity index (χ0n) is 27.7. The van der Waals surface area contributed by atoms with E-state index in [0.717, 1.165) is 19.3 Å². The molecule has 0 aromatic heterocycles. The molecule has 252 valence electrons. The van der Waals surface area contributed by atoms with Crippen molar-refractivity contribution >= 4 is 17.7 Å². The Kier molecular flexibility index (Phi) is 16.6. The molecular formula is C34H58F2N4O4. The minimum Gasteiger partial charge on any atom is -0.390 e. The second-order valence-corrected chi connectivity index (χ2v) is 13.6. The molecule has 8 nitrogen and oxygen atoms in total. The van der Waals surface area contributed by atoms with Crippen molar-refractivity contribution < 1.29 is 28.3 Å². The summed E-state index contributed by atoms with van der Waals surface area (Å²) in [7, 11) is 0. The van der Waals surface area contributed by atoms with Crippen molar-refractivity contribution in [2.75, 3.05) is 26.2 Å². The molecule has 7 unspecified atom stereocenters. The summed E-state index contributed by atoms with van der Waals surface area (Å²) in [5, 5.41) is 16.1. The lowest BCUT2D eigenvalue weighted by Crippen LogP contribution is -2.54. The highest BCUT2D eigenvalue weighted by molar-refractivity contribution is 5.83. The van der Waals surface area contributed by atoms with Crippen molar-refractivity contribution in [1.82, 2.24) is 20.7 Å². The number of hydrogen-bond donors (Lipinski definition) is 3. The Balaban J connectivity index is 2.23. The third-order valence-corrected chi connectivity index (χ3v) is 8.81. The quantitative estimate of drug-likeness (QED) is 0.159. The van der Waals surface area contributed by atoms with Crippen molar-refractivity contribution in [3.8, 4) is 12.3 Å². The molecule has 2 saturated carbocycles. The van der Waals surface area contributed by atoms with Gasteiger partial charge in [0.1, 0.15) is 12.3 Å². The molecule has 10 heteroatoms. The summed E-state index contributed by atoms with van der Waals surface area (Å²) in [6.07, 6.45) is 6.70. The summed E-state index contributed by atoms with van der Waals surface area (Å²) in [4.78, 5) is 41.6. The fourth-order valence-corrected chi connectivity index (χ4v) is 6.86. The number of hydrogen-bond acceptors (Lipinski definition) is 5. The lowest BCUT2D eigenvalue weighted by Gasteiger charge is -2.37. The molecule has 7 atom stereocenters. The van der Waals surface area contributed by atoms with E-state index in [2.05, 4.69) is 16.7 Å². The normalized spacial score (nSPS) is 26.9. The minimum absolute atomic E-state index is 0.0283. The van der Waals surface area contributed by atoms with Gasteiger partial charge in [0.2, 0.25) is 17.7 Å². The van der Waals surface area contributed by atoms with Crippen LogP contribution in [0, 0.1) is 41.9 Å². The Hall–Kier alpha value is -2.25. The van der Waals surface area contributed by atoms with E-state index < -0.39 is 30.4 Å². The first-order valence-corrected chi connectivity index (χ1v) is 17.0. The standard InChI is InChI=1S/C34H58F2N4O4/c1-7-11-39(12-8-2)34(44)27-16-24(10-4)15-26(20-27)33(43)37-30(19-25-17-28(35)21-29(36)18-25)31(41)22-40(13-9-3)38-32(42)14-23(5)6/h4,23-31,41H,7-9,11-22H2,1-3,5-6H3,(H,37,43)(H,38,42). The maximum Gasteiger partial charge on any atom is 0.234 e. The number of carbonyl (C=O) groups is 3. The summed E-state index contributed by atoms with van der Waals surface area (Å²) in [5.41, 5.74) is 2.87. The molecule has 0 heterocycles. The smallest absolute Gasteiger partial charge is 0.234 e. The number of terminal acetylenes is 1. The summed E-state index contributed by atoms with van der Waals surface area (Å²) in [6.45, 7) is 11.8. The topological polar surface area (TPSA) is 102 Å². The Bertz CT molecular complexity index is 929. The Morgan fingerprint density at radius 3 is 2.05 bits per heavy atom.